The fourth-order valence-corrected chi connectivity index (χ4v) is 3.80. The van der Waals surface area contributed by atoms with Crippen molar-refractivity contribution in [3.05, 3.63) is 53.5 Å². The number of phenols is 1. The van der Waals surface area contributed by atoms with Crippen molar-refractivity contribution in [3.8, 4) is 5.75 Å². The average Bonchev–Trinajstić information content (AvgIpc) is 2.46. The SMILES string of the molecule is O=S(=O)(c1ncccc1F)N1CCc2ccc(O)cc2C1. The first-order valence-electron chi connectivity index (χ1n) is 6.40. The Bertz CT molecular complexity index is 793. The largest absolute Gasteiger partial charge is 0.508 e. The monoisotopic (exact) mass is 308 g/mol. The normalized spacial score (nSPS) is 15.7. The summed E-state index contributed by atoms with van der Waals surface area (Å²) in [5, 5.41) is 8.94. The molecule has 0 radical (unpaired) electrons. The molecule has 2 aromatic rings. The summed E-state index contributed by atoms with van der Waals surface area (Å²) in [6.45, 7) is 0.359. The lowest BCUT2D eigenvalue weighted by molar-refractivity contribution is 0.383. The molecule has 0 unspecified atom stereocenters. The third kappa shape index (κ3) is 2.50. The molecule has 110 valence electrons. The molecule has 2 heterocycles. The molecular weight excluding hydrogens is 295 g/mol. The van der Waals surface area contributed by atoms with Crippen molar-refractivity contribution in [2.24, 2.45) is 0 Å². The van der Waals surface area contributed by atoms with E-state index in [1.54, 1.807) is 12.1 Å². The quantitative estimate of drug-likeness (QED) is 0.916. The maximum absolute atomic E-state index is 13.7. The van der Waals surface area contributed by atoms with Crippen molar-refractivity contribution in [1.29, 1.82) is 0 Å². The molecule has 5 nitrogen and oxygen atoms in total. The molecule has 0 saturated carbocycles. The van der Waals surface area contributed by atoms with Gasteiger partial charge < -0.3 is 5.11 Å². The Balaban J connectivity index is 1.97. The van der Waals surface area contributed by atoms with Gasteiger partial charge >= 0.3 is 0 Å². The van der Waals surface area contributed by atoms with E-state index >= 15 is 0 Å². The second-order valence-electron chi connectivity index (χ2n) is 4.83. The highest BCUT2D eigenvalue weighted by Crippen LogP contribution is 2.27. The van der Waals surface area contributed by atoms with E-state index in [1.807, 2.05) is 0 Å². The number of aromatic nitrogens is 1. The first kappa shape index (κ1) is 14.0. The number of aromatic hydroxyl groups is 1. The van der Waals surface area contributed by atoms with Crippen LogP contribution in [0.4, 0.5) is 4.39 Å². The number of fused-ring (bicyclic) bond motifs is 1. The van der Waals surface area contributed by atoms with Crippen molar-refractivity contribution in [3.63, 3.8) is 0 Å². The van der Waals surface area contributed by atoms with Crippen LogP contribution in [-0.2, 0) is 23.0 Å². The van der Waals surface area contributed by atoms with Crippen LogP contribution in [0.5, 0.6) is 5.75 Å². The van der Waals surface area contributed by atoms with E-state index in [1.165, 1.54) is 22.6 Å². The van der Waals surface area contributed by atoms with Gasteiger partial charge in [0.15, 0.2) is 5.82 Å². The summed E-state index contributed by atoms with van der Waals surface area (Å²) in [4.78, 5) is 3.64. The van der Waals surface area contributed by atoms with E-state index in [-0.39, 0.29) is 18.8 Å². The van der Waals surface area contributed by atoms with Gasteiger partial charge in [-0.15, -0.1) is 0 Å². The standard InChI is InChI=1S/C14H13FN2O3S/c15-13-2-1-6-16-14(13)21(19,20)17-7-5-10-3-4-12(18)8-11(10)9-17/h1-4,6,8,18H,5,7,9H2. The number of hydrogen-bond acceptors (Lipinski definition) is 4. The maximum Gasteiger partial charge on any atom is 0.263 e. The zero-order valence-electron chi connectivity index (χ0n) is 11.0. The molecule has 1 aromatic heterocycles. The molecule has 21 heavy (non-hydrogen) atoms. The molecule has 0 aliphatic carbocycles. The summed E-state index contributed by atoms with van der Waals surface area (Å²) in [5.74, 6) is -0.781. The fourth-order valence-electron chi connectivity index (χ4n) is 2.41. The predicted molar refractivity (Wildman–Crippen MR) is 73.6 cm³/mol. The Labute approximate surface area is 121 Å². The number of pyridine rings is 1. The van der Waals surface area contributed by atoms with Crippen LogP contribution in [0.25, 0.3) is 0 Å². The van der Waals surface area contributed by atoms with Gasteiger partial charge in [-0.25, -0.2) is 17.8 Å². The molecule has 1 aliphatic heterocycles. The van der Waals surface area contributed by atoms with Crippen molar-refractivity contribution < 1.29 is 17.9 Å². The zero-order valence-corrected chi connectivity index (χ0v) is 11.8. The number of nitrogens with zero attached hydrogens (tertiary/aromatic N) is 2. The predicted octanol–water partition coefficient (Wildman–Crippen LogP) is 1.67. The van der Waals surface area contributed by atoms with E-state index in [0.29, 0.717) is 6.42 Å². The second kappa shape index (κ2) is 5.09. The highest BCUT2D eigenvalue weighted by atomic mass is 32.2. The van der Waals surface area contributed by atoms with Gasteiger partial charge in [-0.3, -0.25) is 0 Å². The first-order valence-corrected chi connectivity index (χ1v) is 7.84. The van der Waals surface area contributed by atoms with Crippen molar-refractivity contribution in [1.82, 2.24) is 9.29 Å². The minimum atomic E-state index is -3.98. The smallest absolute Gasteiger partial charge is 0.263 e. The van der Waals surface area contributed by atoms with Gasteiger partial charge in [0, 0.05) is 19.3 Å². The average molecular weight is 308 g/mol. The lowest BCUT2D eigenvalue weighted by Gasteiger charge is -2.27. The number of phenolic OH excluding ortho intramolecular Hbond substituents is 1. The molecule has 1 aliphatic rings. The van der Waals surface area contributed by atoms with Crippen LogP contribution in [0.1, 0.15) is 11.1 Å². The van der Waals surface area contributed by atoms with E-state index in [0.717, 1.165) is 17.2 Å². The third-order valence-electron chi connectivity index (χ3n) is 3.48. The van der Waals surface area contributed by atoms with Gasteiger partial charge in [0.2, 0.25) is 5.03 Å². The highest BCUT2D eigenvalue weighted by Gasteiger charge is 2.31. The zero-order chi connectivity index (χ0) is 15.0. The van der Waals surface area contributed by atoms with Crippen LogP contribution in [0.15, 0.2) is 41.6 Å². The molecule has 0 amide bonds. The molecule has 0 fully saturated rings. The Morgan fingerprint density at radius 1 is 1.24 bits per heavy atom. The molecule has 3 rings (SSSR count). The molecule has 1 aromatic carbocycles. The van der Waals surface area contributed by atoms with Gasteiger partial charge in [-0.1, -0.05) is 6.07 Å². The van der Waals surface area contributed by atoms with E-state index in [2.05, 4.69) is 4.98 Å². The highest BCUT2D eigenvalue weighted by molar-refractivity contribution is 7.89. The van der Waals surface area contributed by atoms with Crippen LogP contribution < -0.4 is 0 Å². The topological polar surface area (TPSA) is 70.5 Å². The Kier molecular flexibility index (Phi) is 3.38. The van der Waals surface area contributed by atoms with Gasteiger partial charge in [0.25, 0.3) is 10.0 Å². The van der Waals surface area contributed by atoms with Crippen LogP contribution in [-0.4, -0.2) is 29.4 Å². The van der Waals surface area contributed by atoms with E-state index in [9.17, 15) is 17.9 Å². The maximum atomic E-state index is 13.7. The number of benzene rings is 1. The minimum Gasteiger partial charge on any atom is -0.508 e. The minimum absolute atomic E-state index is 0.0806. The van der Waals surface area contributed by atoms with Crippen molar-refractivity contribution in [2.45, 2.75) is 18.0 Å². The number of hydrogen-bond donors (Lipinski definition) is 1. The van der Waals surface area contributed by atoms with Crippen LogP contribution in [0.3, 0.4) is 0 Å². The summed E-state index contributed by atoms with van der Waals surface area (Å²) < 4.78 is 39.8. The number of rotatable bonds is 2. The lowest BCUT2D eigenvalue weighted by atomic mass is 10.0. The molecule has 0 atom stereocenters. The molecule has 7 heteroatoms. The summed E-state index contributed by atoms with van der Waals surface area (Å²) >= 11 is 0. The van der Waals surface area contributed by atoms with Gasteiger partial charge in [0.05, 0.1) is 0 Å². The van der Waals surface area contributed by atoms with Crippen LogP contribution in [0, 0.1) is 5.82 Å². The summed E-state index contributed by atoms with van der Waals surface area (Å²) in [6, 6.07) is 7.30. The van der Waals surface area contributed by atoms with Crippen molar-refractivity contribution >= 4 is 10.0 Å². The Hall–Kier alpha value is -1.99. The third-order valence-corrected chi connectivity index (χ3v) is 5.26. The molecule has 0 saturated heterocycles. The van der Waals surface area contributed by atoms with Gasteiger partial charge in [-0.05, 0) is 41.8 Å². The van der Waals surface area contributed by atoms with E-state index in [4.69, 9.17) is 0 Å². The summed E-state index contributed by atoms with van der Waals surface area (Å²) in [7, 11) is -3.98. The Morgan fingerprint density at radius 2 is 2.05 bits per heavy atom. The van der Waals surface area contributed by atoms with Crippen LogP contribution in [0.2, 0.25) is 0 Å². The van der Waals surface area contributed by atoms with Gasteiger partial charge in [0.1, 0.15) is 5.75 Å². The lowest BCUT2D eigenvalue weighted by Crippen LogP contribution is -2.36. The van der Waals surface area contributed by atoms with Gasteiger partial charge in [-0.2, -0.15) is 4.31 Å². The number of halogens is 1. The Morgan fingerprint density at radius 3 is 2.81 bits per heavy atom. The number of sulfonamides is 1. The summed E-state index contributed by atoms with van der Waals surface area (Å²) in [6.07, 6.45) is 1.77. The van der Waals surface area contributed by atoms with Crippen molar-refractivity contribution in [2.75, 3.05) is 6.54 Å². The first-order chi connectivity index (χ1) is 9.98. The molecular formula is C14H13FN2O3S. The molecule has 0 spiro atoms. The summed E-state index contributed by atoms with van der Waals surface area (Å²) in [5.41, 5.74) is 1.71. The van der Waals surface area contributed by atoms with E-state index < -0.39 is 20.9 Å². The van der Waals surface area contributed by atoms with Crippen LogP contribution >= 0.6 is 0 Å². The second-order valence-corrected chi connectivity index (χ2v) is 6.69. The molecule has 1 N–H and O–H groups in total. The molecule has 0 bridgehead atoms. The fraction of sp³-hybridized carbons (Fsp3) is 0.214.